The van der Waals surface area contributed by atoms with Crippen molar-refractivity contribution in [1.82, 2.24) is 0 Å². The fraction of sp³-hybridized carbons (Fsp3) is 0.154. The van der Waals surface area contributed by atoms with Gasteiger partial charge in [-0.25, -0.2) is 0 Å². The molecule has 28 heavy (non-hydrogen) atoms. The number of nitrogen functional groups attached to an aromatic ring is 1. The topological polar surface area (TPSA) is 38.0 Å². The van der Waals surface area contributed by atoms with Gasteiger partial charge in [0.05, 0.1) is 6.04 Å². The third-order valence-electron chi connectivity index (χ3n) is 5.85. The summed E-state index contributed by atoms with van der Waals surface area (Å²) in [6.07, 6.45) is 8.89. The molecular formula is C26H24N2. The molecule has 0 fully saturated rings. The van der Waals surface area contributed by atoms with Crippen molar-refractivity contribution in [3.05, 3.63) is 113 Å². The predicted molar refractivity (Wildman–Crippen MR) is 118 cm³/mol. The highest BCUT2D eigenvalue weighted by Gasteiger charge is 2.32. The second-order valence-corrected chi connectivity index (χ2v) is 7.67. The summed E-state index contributed by atoms with van der Waals surface area (Å²) in [5.41, 5.74) is 15.0. The fourth-order valence-corrected chi connectivity index (χ4v) is 4.32. The molecule has 1 heterocycles. The summed E-state index contributed by atoms with van der Waals surface area (Å²) in [5.74, 6) is 0.353. The summed E-state index contributed by atoms with van der Waals surface area (Å²) in [6, 6.07) is 26.0. The van der Waals surface area contributed by atoms with Crippen LogP contribution in [-0.4, -0.2) is 6.04 Å². The Morgan fingerprint density at radius 2 is 1.61 bits per heavy atom. The number of allylic oxidation sites excluding steroid dienone is 2. The Bertz CT molecular complexity index is 1050. The van der Waals surface area contributed by atoms with Gasteiger partial charge in [0.15, 0.2) is 0 Å². The number of hydrogen-bond donors (Lipinski definition) is 2. The zero-order valence-corrected chi connectivity index (χ0v) is 15.8. The number of nitrogens with two attached hydrogens (primary N) is 1. The lowest BCUT2D eigenvalue weighted by molar-refractivity contribution is 0.806. The van der Waals surface area contributed by atoms with Crippen LogP contribution in [0.4, 0.5) is 11.4 Å². The van der Waals surface area contributed by atoms with Crippen LogP contribution in [0.5, 0.6) is 0 Å². The van der Waals surface area contributed by atoms with E-state index in [2.05, 4.69) is 96.3 Å². The highest BCUT2D eigenvalue weighted by molar-refractivity contribution is 5.80. The van der Waals surface area contributed by atoms with Gasteiger partial charge in [0, 0.05) is 17.3 Å². The second-order valence-electron chi connectivity index (χ2n) is 7.67. The first-order chi connectivity index (χ1) is 13.8. The highest BCUT2D eigenvalue weighted by atomic mass is 15.0. The standard InChI is InChI=1S/C26H24N2/c27-24-17-26-23(16-21(24)12-11-18-7-3-1-4-8-18)22-15-20(13-14-25(22)28-26)19-9-5-2-6-10-19/h1-10,13-17,22,25,28H,11-12,27H2. The van der Waals surface area contributed by atoms with Crippen LogP contribution in [0, 0.1) is 0 Å². The number of hydrogen-bond acceptors (Lipinski definition) is 2. The van der Waals surface area contributed by atoms with Crippen LogP contribution in [0.3, 0.4) is 0 Å². The van der Waals surface area contributed by atoms with E-state index in [0.717, 1.165) is 18.5 Å². The van der Waals surface area contributed by atoms with E-state index in [0.29, 0.717) is 12.0 Å². The minimum atomic E-state index is 0.311. The van der Waals surface area contributed by atoms with Crippen molar-refractivity contribution in [2.45, 2.75) is 24.8 Å². The van der Waals surface area contributed by atoms with Crippen molar-refractivity contribution in [3.8, 4) is 0 Å². The number of benzene rings is 3. The Kier molecular flexibility index (Phi) is 4.25. The SMILES string of the molecule is Nc1cc2c(cc1CCc1ccccc1)C1C=C(c3ccccc3)C=CC1N2. The number of anilines is 2. The Morgan fingerprint density at radius 3 is 2.39 bits per heavy atom. The summed E-state index contributed by atoms with van der Waals surface area (Å²) < 4.78 is 0. The molecular weight excluding hydrogens is 340 g/mol. The predicted octanol–water partition coefficient (Wildman–Crippen LogP) is 5.59. The van der Waals surface area contributed by atoms with Gasteiger partial charge in [0.1, 0.15) is 0 Å². The highest BCUT2D eigenvalue weighted by Crippen LogP contribution is 2.43. The van der Waals surface area contributed by atoms with E-state index >= 15 is 0 Å². The molecule has 0 bridgehead atoms. The fourth-order valence-electron chi connectivity index (χ4n) is 4.32. The van der Waals surface area contributed by atoms with Gasteiger partial charge in [-0.1, -0.05) is 85.0 Å². The number of aryl methyl sites for hydroxylation is 2. The first-order valence-corrected chi connectivity index (χ1v) is 9.96. The lowest BCUT2D eigenvalue weighted by atomic mass is 9.85. The monoisotopic (exact) mass is 364 g/mol. The average molecular weight is 364 g/mol. The van der Waals surface area contributed by atoms with Crippen molar-refractivity contribution in [2.75, 3.05) is 11.1 Å². The second kappa shape index (κ2) is 7.05. The first-order valence-electron chi connectivity index (χ1n) is 9.96. The molecule has 0 spiro atoms. The zero-order valence-electron chi connectivity index (χ0n) is 15.8. The maximum absolute atomic E-state index is 6.39. The summed E-state index contributed by atoms with van der Waals surface area (Å²) in [6.45, 7) is 0. The lowest BCUT2D eigenvalue weighted by Crippen LogP contribution is -2.18. The van der Waals surface area contributed by atoms with Crippen LogP contribution in [-0.2, 0) is 12.8 Å². The van der Waals surface area contributed by atoms with Gasteiger partial charge in [0.2, 0.25) is 0 Å². The van der Waals surface area contributed by atoms with Crippen molar-refractivity contribution in [1.29, 1.82) is 0 Å². The Balaban J connectivity index is 1.44. The van der Waals surface area contributed by atoms with E-state index in [1.54, 1.807) is 0 Å². The quantitative estimate of drug-likeness (QED) is 0.593. The molecule has 2 nitrogen and oxygen atoms in total. The molecule has 2 aliphatic rings. The molecule has 1 aliphatic heterocycles. The minimum absolute atomic E-state index is 0.311. The van der Waals surface area contributed by atoms with Gasteiger partial charge >= 0.3 is 0 Å². The van der Waals surface area contributed by atoms with Gasteiger partial charge in [-0.05, 0) is 46.7 Å². The van der Waals surface area contributed by atoms with E-state index in [-0.39, 0.29) is 0 Å². The van der Waals surface area contributed by atoms with E-state index in [4.69, 9.17) is 5.73 Å². The van der Waals surface area contributed by atoms with Crippen LogP contribution >= 0.6 is 0 Å². The molecule has 0 saturated carbocycles. The molecule has 138 valence electrons. The van der Waals surface area contributed by atoms with E-state index in [9.17, 15) is 0 Å². The molecule has 2 atom stereocenters. The first kappa shape index (κ1) is 16.9. The van der Waals surface area contributed by atoms with Crippen molar-refractivity contribution in [3.63, 3.8) is 0 Å². The Morgan fingerprint density at radius 1 is 0.857 bits per heavy atom. The van der Waals surface area contributed by atoms with Gasteiger partial charge in [-0.3, -0.25) is 0 Å². The molecule has 5 rings (SSSR count). The number of fused-ring (bicyclic) bond motifs is 3. The third-order valence-corrected chi connectivity index (χ3v) is 5.85. The smallest absolute Gasteiger partial charge is 0.0552 e. The Hall–Kier alpha value is -3.26. The van der Waals surface area contributed by atoms with E-state index < -0.39 is 0 Å². The van der Waals surface area contributed by atoms with Crippen LogP contribution in [0.25, 0.3) is 5.57 Å². The maximum Gasteiger partial charge on any atom is 0.0552 e. The van der Waals surface area contributed by atoms with Crippen LogP contribution in [0.2, 0.25) is 0 Å². The maximum atomic E-state index is 6.39. The van der Waals surface area contributed by atoms with Gasteiger partial charge < -0.3 is 11.1 Å². The molecule has 0 aromatic heterocycles. The average Bonchev–Trinajstić information content (AvgIpc) is 3.09. The van der Waals surface area contributed by atoms with E-state index in [1.165, 1.54) is 33.5 Å². The Labute approximate surface area is 166 Å². The molecule has 0 saturated heterocycles. The van der Waals surface area contributed by atoms with Gasteiger partial charge in [-0.15, -0.1) is 0 Å². The molecule has 0 radical (unpaired) electrons. The molecule has 2 heteroatoms. The molecule has 3 aromatic rings. The summed E-state index contributed by atoms with van der Waals surface area (Å²) >= 11 is 0. The minimum Gasteiger partial charge on any atom is -0.398 e. The normalized spacial score (nSPS) is 19.5. The molecule has 0 amide bonds. The largest absolute Gasteiger partial charge is 0.398 e. The number of nitrogens with one attached hydrogen (secondary N) is 1. The molecule has 3 aromatic carbocycles. The molecule has 3 N–H and O–H groups in total. The zero-order chi connectivity index (χ0) is 18.9. The lowest BCUT2D eigenvalue weighted by Gasteiger charge is -2.20. The van der Waals surface area contributed by atoms with Crippen LogP contribution in [0.1, 0.15) is 28.2 Å². The van der Waals surface area contributed by atoms with Crippen LogP contribution in [0.15, 0.2) is 91.0 Å². The van der Waals surface area contributed by atoms with Crippen LogP contribution < -0.4 is 11.1 Å². The number of rotatable bonds is 4. The molecule has 1 aliphatic carbocycles. The summed E-state index contributed by atoms with van der Waals surface area (Å²) in [7, 11) is 0. The van der Waals surface area contributed by atoms with Crippen molar-refractivity contribution >= 4 is 16.9 Å². The summed E-state index contributed by atoms with van der Waals surface area (Å²) in [4.78, 5) is 0. The van der Waals surface area contributed by atoms with E-state index in [1.807, 2.05) is 0 Å². The van der Waals surface area contributed by atoms with Gasteiger partial charge in [0.25, 0.3) is 0 Å². The van der Waals surface area contributed by atoms with Gasteiger partial charge in [-0.2, -0.15) is 0 Å². The summed E-state index contributed by atoms with van der Waals surface area (Å²) in [5, 5.41) is 3.64. The third kappa shape index (κ3) is 3.11. The van der Waals surface area contributed by atoms with Crippen molar-refractivity contribution in [2.24, 2.45) is 0 Å². The van der Waals surface area contributed by atoms with Crippen molar-refractivity contribution < 1.29 is 0 Å². The molecule has 2 unspecified atom stereocenters.